The number of nitro groups is 1. The van der Waals surface area contributed by atoms with Crippen molar-refractivity contribution in [2.24, 2.45) is 0 Å². The molecule has 1 atom stereocenters. The highest BCUT2D eigenvalue weighted by Gasteiger charge is 2.11. The van der Waals surface area contributed by atoms with Crippen molar-refractivity contribution in [1.82, 2.24) is 5.32 Å². The van der Waals surface area contributed by atoms with Crippen LogP contribution in [-0.2, 0) is 0 Å². The lowest BCUT2D eigenvalue weighted by molar-refractivity contribution is -0.384. The van der Waals surface area contributed by atoms with Crippen molar-refractivity contribution in [1.29, 1.82) is 0 Å². The van der Waals surface area contributed by atoms with Gasteiger partial charge in [0.15, 0.2) is 0 Å². The number of amides is 1. The van der Waals surface area contributed by atoms with Gasteiger partial charge >= 0.3 is 0 Å². The lowest BCUT2D eigenvalue weighted by Crippen LogP contribution is -2.26. The molecule has 27 heavy (non-hydrogen) atoms. The summed E-state index contributed by atoms with van der Waals surface area (Å²) in [5.41, 5.74) is 1.56. The molecule has 0 aliphatic carbocycles. The lowest BCUT2D eigenvalue weighted by atomic mass is 10.1. The number of hydrogen-bond donors (Lipinski definition) is 1. The number of nitro benzene ring substituents is 1. The van der Waals surface area contributed by atoms with Gasteiger partial charge in [-0.2, -0.15) is 0 Å². The van der Waals surface area contributed by atoms with Crippen molar-refractivity contribution < 1.29 is 14.5 Å². The lowest BCUT2D eigenvalue weighted by Gasteiger charge is -2.14. The van der Waals surface area contributed by atoms with Gasteiger partial charge in [0.2, 0.25) is 0 Å². The van der Waals surface area contributed by atoms with Crippen LogP contribution in [0.25, 0.3) is 0 Å². The van der Waals surface area contributed by atoms with Gasteiger partial charge in [0, 0.05) is 17.7 Å². The summed E-state index contributed by atoms with van der Waals surface area (Å²) >= 11 is 0. The molecule has 0 saturated heterocycles. The van der Waals surface area contributed by atoms with Gasteiger partial charge in [-0.05, 0) is 48.9 Å². The molecule has 3 rings (SSSR count). The quantitative estimate of drug-likeness (QED) is 0.500. The number of rotatable bonds is 6. The molecule has 0 aliphatic rings. The van der Waals surface area contributed by atoms with Gasteiger partial charge in [0.05, 0.1) is 11.0 Å². The first-order valence-electron chi connectivity index (χ1n) is 8.41. The summed E-state index contributed by atoms with van der Waals surface area (Å²) in [6.07, 6.45) is 0. The van der Waals surface area contributed by atoms with Gasteiger partial charge in [-0.15, -0.1) is 0 Å². The number of non-ortho nitro benzene ring substituents is 1. The van der Waals surface area contributed by atoms with E-state index in [1.54, 1.807) is 24.3 Å². The molecule has 0 heterocycles. The zero-order chi connectivity index (χ0) is 19.2. The first kappa shape index (κ1) is 18.1. The minimum absolute atomic E-state index is 0.00176. The van der Waals surface area contributed by atoms with E-state index in [1.165, 1.54) is 24.3 Å². The molecule has 3 aromatic rings. The molecule has 136 valence electrons. The topological polar surface area (TPSA) is 81.5 Å². The number of hydrogen-bond acceptors (Lipinski definition) is 4. The zero-order valence-corrected chi connectivity index (χ0v) is 14.7. The molecule has 0 spiro atoms. The van der Waals surface area contributed by atoms with Crippen LogP contribution in [-0.4, -0.2) is 10.8 Å². The van der Waals surface area contributed by atoms with E-state index < -0.39 is 4.92 Å². The van der Waals surface area contributed by atoms with E-state index in [0.717, 1.165) is 5.56 Å². The maximum atomic E-state index is 12.4. The second kappa shape index (κ2) is 8.14. The minimum Gasteiger partial charge on any atom is -0.457 e. The smallest absolute Gasteiger partial charge is 0.269 e. The van der Waals surface area contributed by atoms with E-state index in [-0.39, 0.29) is 17.6 Å². The number of benzene rings is 3. The number of nitrogens with zero attached hydrogens (tertiary/aromatic N) is 1. The van der Waals surface area contributed by atoms with Crippen LogP contribution in [0.1, 0.15) is 28.9 Å². The Morgan fingerprint density at radius 3 is 2.04 bits per heavy atom. The summed E-state index contributed by atoms with van der Waals surface area (Å²) in [5.74, 6) is 0.847. The van der Waals surface area contributed by atoms with Gasteiger partial charge in [-0.25, -0.2) is 0 Å². The van der Waals surface area contributed by atoms with E-state index in [0.29, 0.717) is 17.1 Å². The van der Waals surface area contributed by atoms with Crippen LogP contribution in [0.5, 0.6) is 11.5 Å². The molecular weight excluding hydrogens is 344 g/mol. The number of carbonyl (C=O) groups is 1. The fraction of sp³-hybridized carbons (Fsp3) is 0.0952. The van der Waals surface area contributed by atoms with Crippen LogP contribution in [0.3, 0.4) is 0 Å². The third kappa shape index (κ3) is 4.70. The van der Waals surface area contributed by atoms with Crippen molar-refractivity contribution in [3.63, 3.8) is 0 Å². The fourth-order valence-corrected chi connectivity index (χ4v) is 2.55. The first-order chi connectivity index (χ1) is 13.0. The fourth-order valence-electron chi connectivity index (χ4n) is 2.55. The Balaban J connectivity index is 1.62. The molecule has 0 fully saturated rings. The molecule has 3 aromatic carbocycles. The summed E-state index contributed by atoms with van der Waals surface area (Å²) in [7, 11) is 0. The summed E-state index contributed by atoms with van der Waals surface area (Å²) in [4.78, 5) is 22.6. The standard InChI is InChI=1S/C21H18N2O4/c1-15(16-5-3-2-4-6-16)22-21(24)17-7-11-19(12-8-17)27-20-13-9-18(10-14-20)23(25)26/h2-15H,1H3,(H,22,24)/t15-/m0/s1. The largest absolute Gasteiger partial charge is 0.457 e. The first-order valence-corrected chi connectivity index (χ1v) is 8.41. The Morgan fingerprint density at radius 2 is 1.48 bits per heavy atom. The highest BCUT2D eigenvalue weighted by atomic mass is 16.6. The maximum Gasteiger partial charge on any atom is 0.269 e. The van der Waals surface area contributed by atoms with Crippen LogP contribution in [0.15, 0.2) is 78.9 Å². The van der Waals surface area contributed by atoms with E-state index in [9.17, 15) is 14.9 Å². The van der Waals surface area contributed by atoms with Crippen LogP contribution in [0.4, 0.5) is 5.69 Å². The summed E-state index contributed by atoms with van der Waals surface area (Å²) in [6, 6.07) is 22.2. The Morgan fingerprint density at radius 1 is 0.926 bits per heavy atom. The van der Waals surface area contributed by atoms with Gasteiger partial charge in [-0.1, -0.05) is 30.3 Å². The van der Waals surface area contributed by atoms with Gasteiger partial charge in [0.25, 0.3) is 11.6 Å². The molecule has 0 unspecified atom stereocenters. The molecule has 0 radical (unpaired) electrons. The van der Waals surface area contributed by atoms with Crippen molar-refractivity contribution in [2.75, 3.05) is 0 Å². The van der Waals surface area contributed by atoms with Crippen molar-refractivity contribution >= 4 is 11.6 Å². The minimum atomic E-state index is -0.465. The van der Waals surface area contributed by atoms with E-state index in [2.05, 4.69) is 5.32 Å². The Kier molecular flexibility index (Phi) is 5.47. The molecule has 6 nitrogen and oxygen atoms in total. The summed E-state index contributed by atoms with van der Waals surface area (Å²) < 4.78 is 5.64. The Bertz CT molecular complexity index is 923. The Labute approximate surface area is 156 Å². The third-order valence-electron chi connectivity index (χ3n) is 4.05. The number of carbonyl (C=O) groups excluding carboxylic acids is 1. The number of ether oxygens (including phenoxy) is 1. The second-order valence-corrected chi connectivity index (χ2v) is 5.98. The Hall–Kier alpha value is -3.67. The molecule has 0 bridgehead atoms. The van der Waals surface area contributed by atoms with Crippen LogP contribution >= 0.6 is 0 Å². The van der Waals surface area contributed by atoms with E-state index in [4.69, 9.17) is 4.74 Å². The molecule has 6 heteroatoms. The summed E-state index contributed by atoms with van der Waals surface area (Å²) in [6.45, 7) is 1.93. The van der Waals surface area contributed by atoms with Crippen molar-refractivity contribution in [3.05, 3.63) is 100 Å². The second-order valence-electron chi connectivity index (χ2n) is 5.98. The molecule has 0 saturated carbocycles. The van der Waals surface area contributed by atoms with Crippen LogP contribution in [0, 0.1) is 10.1 Å². The van der Waals surface area contributed by atoms with Crippen LogP contribution in [0.2, 0.25) is 0 Å². The van der Waals surface area contributed by atoms with Crippen LogP contribution < -0.4 is 10.1 Å². The molecule has 0 aliphatic heterocycles. The average molecular weight is 362 g/mol. The molecule has 1 amide bonds. The van der Waals surface area contributed by atoms with Crippen molar-refractivity contribution in [2.45, 2.75) is 13.0 Å². The third-order valence-corrected chi connectivity index (χ3v) is 4.05. The SMILES string of the molecule is C[C@H](NC(=O)c1ccc(Oc2ccc([N+](=O)[O-])cc2)cc1)c1ccccc1. The van der Waals surface area contributed by atoms with E-state index in [1.807, 2.05) is 37.3 Å². The highest BCUT2D eigenvalue weighted by molar-refractivity contribution is 5.94. The van der Waals surface area contributed by atoms with E-state index >= 15 is 0 Å². The van der Waals surface area contributed by atoms with Crippen molar-refractivity contribution in [3.8, 4) is 11.5 Å². The predicted molar refractivity (Wildman–Crippen MR) is 102 cm³/mol. The van der Waals surface area contributed by atoms with Gasteiger partial charge in [-0.3, -0.25) is 14.9 Å². The number of nitrogens with one attached hydrogen (secondary N) is 1. The van der Waals surface area contributed by atoms with Gasteiger partial charge < -0.3 is 10.1 Å². The highest BCUT2D eigenvalue weighted by Crippen LogP contribution is 2.24. The molecule has 0 aromatic heterocycles. The normalized spacial score (nSPS) is 11.4. The predicted octanol–water partition coefficient (Wildman–Crippen LogP) is 4.88. The van der Waals surface area contributed by atoms with Gasteiger partial charge in [0.1, 0.15) is 11.5 Å². The monoisotopic (exact) mass is 362 g/mol. The molecular formula is C21H18N2O4. The average Bonchev–Trinajstić information content (AvgIpc) is 2.69. The zero-order valence-electron chi connectivity index (χ0n) is 14.7. The molecule has 1 N–H and O–H groups in total. The summed E-state index contributed by atoms with van der Waals surface area (Å²) in [5, 5.41) is 13.6. The maximum absolute atomic E-state index is 12.4.